The molecule has 1 amide bonds. The van der Waals surface area contributed by atoms with Crippen LogP contribution in [-0.2, 0) is 14.8 Å². The fraction of sp³-hybridized carbons (Fsp3) is 0.300. The molecule has 0 aliphatic heterocycles. The predicted octanol–water partition coefficient (Wildman–Crippen LogP) is 1.38. The number of anilines is 1. The molecule has 9 heteroatoms. The fourth-order valence-electron chi connectivity index (χ4n) is 1.45. The van der Waals surface area contributed by atoms with Gasteiger partial charge >= 0.3 is 0 Å². The number of rotatable bonds is 3. The van der Waals surface area contributed by atoms with Crippen molar-refractivity contribution in [3.63, 3.8) is 0 Å². The number of amides is 1. The number of hydrogen-bond acceptors (Lipinski definition) is 4. The summed E-state index contributed by atoms with van der Waals surface area (Å²) in [6.07, 6.45) is -0.642. The molecular weight excluding hydrogens is 302 g/mol. The fourth-order valence-corrected chi connectivity index (χ4v) is 2.62. The van der Waals surface area contributed by atoms with Crippen LogP contribution in [0.25, 0.3) is 0 Å². The van der Waals surface area contributed by atoms with Gasteiger partial charge in [0, 0.05) is 6.42 Å². The molecule has 0 saturated heterocycles. The zero-order valence-electron chi connectivity index (χ0n) is 9.36. The van der Waals surface area contributed by atoms with Gasteiger partial charge in [0.25, 0.3) is 15.9 Å². The van der Waals surface area contributed by atoms with Gasteiger partial charge in [0.2, 0.25) is 5.91 Å². The van der Waals surface area contributed by atoms with Crippen LogP contribution in [-0.4, -0.2) is 20.2 Å². The molecule has 1 unspecified atom stereocenters. The molecule has 0 aromatic heterocycles. The topological polar surface area (TPSA) is 89.3 Å². The van der Waals surface area contributed by atoms with Crippen LogP contribution in [0.3, 0.4) is 0 Å². The molecule has 104 valence electrons. The first kappa shape index (κ1) is 14.0. The largest absolute Gasteiger partial charge is 0.397 e. The third-order valence-electron chi connectivity index (χ3n) is 2.66. The molecule has 0 radical (unpaired) electrons. The zero-order valence-corrected chi connectivity index (χ0v) is 10.9. The summed E-state index contributed by atoms with van der Waals surface area (Å²) in [7, 11) is -4.23. The number of carbonyl (C=O) groups excluding carboxylic acids is 1. The highest BCUT2D eigenvalue weighted by Crippen LogP contribution is 2.48. The van der Waals surface area contributed by atoms with Gasteiger partial charge in [-0.15, -0.1) is 0 Å². The van der Waals surface area contributed by atoms with Crippen molar-refractivity contribution in [1.82, 2.24) is 4.72 Å². The molecule has 2 rings (SSSR count). The summed E-state index contributed by atoms with van der Waals surface area (Å²) < 4.78 is 50.4. The molecular formula is C10H9ClF2N2O3S. The number of halogens is 3. The number of sulfonamides is 1. The lowest BCUT2D eigenvalue weighted by atomic mass is 10.3. The third-order valence-corrected chi connectivity index (χ3v) is 4.34. The quantitative estimate of drug-likeness (QED) is 0.825. The summed E-state index contributed by atoms with van der Waals surface area (Å²) >= 11 is 5.63. The first-order valence-corrected chi connectivity index (χ1v) is 6.99. The standard InChI is InChI=1S/C10H9ClF2N2O3S/c11-7-2-1-5(3-8(7)14)19(17,18)15-9(16)6-4-10(6,12)13/h1-3,6H,4,14H2,(H,15,16). The zero-order chi connectivity index (χ0) is 14.4. The second kappa shape index (κ2) is 4.31. The van der Waals surface area contributed by atoms with Gasteiger partial charge in [0.15, 0.2) is 0 Å². The van der Waals surface area contributed by atoms with E-state index in [1.54, 1.807) is 4.72 Å². The van der Waals surface area contributed by atoms with Crippen molar-refractivity contribution in [2.45, 2.75) is 17.2 Å². The predicted molar refractivity (Wildman–Crippen MR) is 64.2 cm³/mol. The Morgan fingerprint density at radius 3 is 2.53 bits per heavy atom. The van der Waals surface area contributed by atoms with Crippen LogP contribution in [0.15, 0.2) is 23.1 Å². The highest BCUT2D eigenvalue weighted by atomic mass is 35.5. The summed E-state index contributed by atoms with van der Waals surface area (Å²) in [6, 6.07) is 3.41. The normalized spacial score (nSPS) is 20.9. The van der Waals surface area contributed by atoms with Gasteiger partial charge in [0.05, 0.1) is 15.6 Å². The summed E-state index contributed by atoms with van der Waals surface area (Å²) in [6.45, 7) is 0. The molecule has 1 aliphatic rings. The lowest BCUT2D eigenvalue weighted by Crippen LogP contribution is -2.33. The Kier molecular flexibility index (Phi) is 3.18. The van der Waals surface area contributed by atoms with Crippen molar-refractivity contribution < 1.29 is 22.0 Å². The molecule has 1 aromatic rings. The molecule has 1 fully saturated rings. The number of nitrogens with one attached hydrogen (secondary N) is 1. The third kappa shape index (κ3) is 2.79. The Hall–Kier alpha value is -1.41. The Morgan fingerprint density at radius 1 is 1.47 bits per heavy atom. The monoisotopic (exact) mass is 310 g/mol. The summed E-state index contributed by atoms with van der Waals surface area (Å²) in [5.41, 5.74) is 5.44. The van der Waals surface area contributed by atoms with Crippen molar-refractivity contribution in [2.75, 3.05) is 5.73 Å². The molecule has 19 heavy (non-hydrogen) atoms. The van der Waals surface area contributed by atoms with Crippen molar-refractivity contribution in [1.29, 1.82) is 0 Å². The molecule has 1 saturated carbocycles. The average Bonchev–Trinajstić information content (AvgIpc) is 2.91. The minimum absolute atomic E-state index is 0.00809. The van der Waals surface area contributed by atoms with Crippen LogP contribution in [0, 0.1) is 5.92 Å². The SMILES string of the molecule is Nc1cc(S(=O)(=O)NC(=O)C2CC2(F)F)ccc1Cl. The smallest absolute Gasteiger partial charge is 0.264 e. The highest BCUT2D eigenvalue weighted by molar-refractivity contribution is 7.90. The van der Waals surface area contributed by atoms with Gasteiger partial charge in [0.1, 0.15) is 5.92 Å². The molecule has 3 N–H and O–H groups in total. The summed E-state index contributed by atoms with van der Waals surface area (Å²) in [5.74, 6) is -5.94. The van der Waals surface area contributed by atoms with Gasteiger partial charge in [-0.2, -0.15) is 0 Å². The minimum Gasteiger partial charge on any atom is -0.397 e. The van der Waals surface area contributed by atoms with Gasteiger partial charge < -0.3 is 5.73 Å². The van der Waals surface area contributed by atoms with E-state index in [0.717, 1.165) is 12.1 Å². The second-order valence-electron chi connectivity index (χ2n) is 4.17. The lowest BCUT2D eigenvalue weighted by molar-refractivity contribution is -0.122. The lowest BCUT2D eigenvalue weighted by Gasteiger charge is -2.07. The second-order valence-corrected chi connectivity index (χ2v) is 6.26. The Bertz CT molecular complexity index is 648. The molecule has 0 heterocycles. The van der Waals surface area contributed by atoms with E-state index < -0.39 is 34.2 Å². The van der Waals surface area contributed by atoms with Gasteiger partial charge in [-0.05, 0) is 18.2 Å². The van der Waals surface area contributed by atoms with E-state index in [4.69, 9.17) is 17.3 Å². The summed E-state index contributed by atoms with van der Waals surface area (Å²) in [4.78, 5) is 11.0. The van der Waals surface area contributed by atoms with Gasteiger partial charge in [-0.1, -0.05) is 11.6 Å². The highest BCUT2D eigenvalue weighted by Gasteiger charge is 2.61. The van der Waals surface area contributed by atoms with Crippen molar-refractivity contribution in [2.24, 2.45) is 5.92 Å². The van der Waals surface area contributed by atoms with Crippen LogP contribution in [0.4, 0.5) is 14.5 Å². The van der Waals surface area contributed by atoms with Gasteiger partial charge in [-0.3, -0.25) is 4.79 Å². The molecule has 1 aliphatic carbocycles. The van der Waals surface area contributed by atoms with E-state index in [0.29, 0.717) is 0 Å². The van der Waals surface area contributed by atoms with Crippen molar-refractivity contribution in [3.05, 3.63) is 23.2 Å². The van der Waals surface area contributed by atoms with Crippen LogP contribution in [0.1, 0.15) is 6.42 Å². The van der Waals surface area contributed by atoms with Crippen LogP contribution in [0.2, 0.25) is 5.02 Å². The van der Waals surface area contributed by atoms with E-state index in [1.807, 2.05) is 0 Å². The number of nitrogens with two attached hydrogens (primary N) is 1. The van der Waals surface area contributed by atoms with E-state index in [-0.39, 0.29) is 15.6 Å². The Morgan fingerprint density at radius 2 is 2.05 bits per heavy atom. The van der Waals surface area contributed by atoms with E-state index in [2.05, 4.69) is 0 Å². The van der Waals surface area contributed by atoms with Crippen LogP contribution in [0.5, 0.6) is 0 Å². The number of carbonyl (C=O) groups is 1. The number of benzene rings is 1. The maximum atomic E-state index is 12.6. The minimum atomic E-state index is -4.23. The number of nitrogen functional groups attached to an aromatic ring is 1. The molecule has 1 atom stereocenters. The van der Waals surface area contributed by atoms with E-state index >= 15 is 0 Å². The summed E-state index contributed by atoms with van der Waals surface area (Å²) in [5, 5.41) is 0.152. The maximum absolute atomic E-state index is 12.6. The maximum Gasteiger partial charge on any atom is 0.264 e. The molecule has 0 bridgehead atoms. The first-order valence-electron chi connectivity index (χ1n) is 5.13. The van der Waals surface area contributed by atoms with Crippen LogP contribution >= 0.6 is 11.6 Å². The van der Waals surface area contributed by atoms with Crippen LogP contribution < -0.4 is 10.5 Å². The average molecular weight is 311 g/mol. The van der Waals surface area contributed by atoms with Gasteiger partial charge in [-0.25, -0.2) is 21.9 Å². The van der Waals surface area contributed by atoms with Crippen molar-refractivity contribution >= 4 is 33.2 Å². The van der Waals surface area contributed by atoms with Crippen molar-refractivity contribution in [3.8, 4) is 0 Å². The Labute approximate surface area is 112 Å². The number of alkyl halides is 2. The Balaban J connectivity index is 2.19. The first-order chi connectivity index (χ1) is 8.63. The van der Waals surface area contributed by atoms with E-state index in [9.17, 15) is 22.0 Å². The van der Waals surface area contributed by atoms with E-state index in [1.165, 1.54) is 6.07 Å². The molecule has 5 nitrogen and oxygen atoms in total. The molecule has 1 aromatic carbocycles. The number of hydrogen-bond donors (Lipinski definition) is 2. The molecule has 0 spiro atoms.